The Kier molecular flexibility index (Phi) is 4.00. The largest absolute Gasteiger partial charge is 0.488 e. The van der Waals surface area contributed by atoms with Crippen molar-refractivity contribution in [2.45, 2.75) is 18.9 Å². The van der Waals surface area contributed by atoms with Gasteiger partial charge < -0.3 is 19.1 Å². The van der Waals surface area contributed by atoms with Crippen LogP contribution in [-0.4, -0.2) is 37.2 Å². The van der Waals surface area contributed by atoms with Gasteiger partial charge in [-0.15, -0.1) is 0 Å². The van der Waals surface area contributed by atoms with Crippen LogP contribution in [0.25, 0.3) is 6.08 Å². The highest BCUT2D eigenvalue weighted by Crippen LogP contribution is 2.39. The molecule has 0 radical (unpaired) electrons. The van der Waals surface area contributed by atoms with E-state index in [-0.39, 0.29) is 11.9 Å². The number of carbonyl (C=O) groups excluding carboxylic acids is 1. The molecule has 1 fully saturated rings. The first-order valence-corrected chi connectivity index (χ1v) is 9.42. The van der Waals surface area contributed by atoms with Gasteiger partial charge in [-0.1, -0.05) is 24.3 Å². The molecule has 1 unspecified atom stereocenters. The third-order valence-corrected chi connectivity index (χ3v) is 5.37. The molecule has 1 saturated heterocycles. The van der Waals surface area contributed by atoms with Crippen molar-refractivity contribution >= 4 is 12.0 Å². The molecule has 5 rings (SSSR count). The fourth-order valence-corrected chi connectivity index (χ4v) is 4.05. The highest BCUT2D eigenvalue weighted by atomic mass is 16.6. The van der Waals surface area contributed by atoms with Gasteiger partial charge in [0.25, 0.3) is 5.91 Å². The lowest BCUT2D eigenvalue weighted by Crippen LogP contribution is -2.34. The molecule has 0 bridgehead atoms. The van der Waals surface area contributed by atoms with Gasteiger partial charge in [0.15, 0.2) is 11.5 Å². The maximum absolute atomic E-state index is 13.2. The quantitative estimate of drug-likeness (QED) is 0.818. The molecule has 138 valence electrons. The van der Waals surface area contributed by atoms with E-state index in [2.05, 4.69) is 0 Å². The monoisotopic (exact) mass is 363 g/mol. The summed E-state index contributed by atoms with van der Waals surface area (Å²) in [7, 11) is 0. The lowest BCUT2D eigenvalue weighted by atomic mass is 10.0. The first-order valence-electron chi connectivity index (χ1n) is 9.42. The molecule has 0 aliphatic carbocycles. The smallest absolute Gasteiger partial charge is 0.253 e. The van der Waals surface area contributed by atoms with Crippen LogP contribution in [0, 0.1) is 0 Å². The van der Waals surface area contributed by atoms with Crippen molar-refractivity contribution in [1.29, 1.82) is 0 Å². The first-order chi connectivity index (χ1) is 13.3. The molecule has 3 aliphatic rings. The first kappa shape index (κ1) is 16.2. The Hall–Kier alpha value is -2.95. The Morgan fingerprint density at radius 1 is 0.963 bits per heavy atom. The van der Waals surface area contributed by atoms with Crippen LogP contribution in [0.4, 0.5) is 0 Å². The normalized spacial score (nSPS) is 20.5. The number of likely N-dealkylation sites (tertiary alicyclic amines) is 1. The van der Waals surface area contributed by atoms with Crippen molar-refractivity contribution in [3.05, 3.63) is 59.2 Å². The molecule has 3 heterocycles. The molecule has 2 aromatic carbocycles. The van der Waals surface area contributed by atoms with E-state index in [1.165, 1.54) is 0 Å². The van der Waals surface area contributed by atoms with Crippen molar-refractivity contribution in [1.82, 2.24) is 4.90 Å². The Morgan fingerprint density at radius 3 is 2.74 bits per heavy atom. The van der Waals surface area contributed by atoms with Gasteiger partial charge in [0, 0.05) is 12.1 Å². The Bertz CT molecular complexity index is 920. The molecule has 5 nitrogen and oxygen atoms in total. The number of amides is 1. The third kappa shape index (κ3) is 2.93. The summed E-state index contributed by atoms with van der Waals surface area (Å²) in [5, 5.41) is 0. The average Bonchev–Trinajstić information content (AvgIpc) is 3.22. The predicted octanol–water partition coefficient (Wildman–Crippen LogP) is 3.60. The minimum Gasteiger partial charge on any atom is -0.488 e. The van der Waals surface area contributed by atoms with Gasteiger partial charge in [-0.3, -0.25) is 4.79 Å². The summed E-state index contributed by atoms with van der Waals surface area (Å²) in [5.41, 5.74) is 2.77. The maximum Gasteiger partial charge on any atom is 0.253 e. The minimum atomic E-state index is 0.0573. The molecule has 1 atom stereocenters. The van der Waals surface area contributed by atoms with Crippen molar-refractivity contribution in [2.24, 2.45) is 0 Å². The van der Waals surface area contributed by atoms with Crippen molar-refractivity contribution in [2.75, 3.05) is 26.4 Å². The second kappa shape index (κ2) is 6.65. The zero-order valence-electron chi connectivity index (χ0n) is 15.0. The molecule has 2 aromatic rings. The number of hydrogen-bond donors (Lipinski definition) is 0. The second-order valence-electron chi connectivity index (χ2n) is 7.06. The number of ether oxygens (including phenoxy) is 3. The van der Waals surface area contributed by atoms with E-state index in [0.717, 1.165) is 47.8 Å². The fraction of sp³-hybridized carbons (Fsp3) is 0.318. The van der Waals surface area contributed by atoms with Crippen LogP contribution in [0.1, 0.15) is 30.0 Å². The van der Waals surface area contributed by atoms with Crippen LogP contribution in [-0.2, 0) is 4.79 Å². The fourth-order valence-electron chi connectivity index (χ4n) is 4.05. The van der Waals surface area contributed by atoms with Crippen molar-refractivity contribution in [3.63, 3.8) is 0 Å². The molecule has 3 aliphatic heterocycles. The number of rotatable bonds is 2. The standard InChI is InChI=1S/C22H21NO4/c24-22(17-12-16-4-1-2-6-19(16)27-14-17)23-9-3-5-18(23)15-7-8-20-21(13-15)26-11-10-25-20/h1-2,4,6-8,12-13,18H,3,5,9-11,14H2. The van der Waals surface area contributed by atoms with Crippen LogP contribution < -0.4 is 14.2 Å². The van der Waals surface area contributed by atoms with Crippen molar-refractivity contribution in [3.8, 4) is 17.2 Å². The van der Waals surface area contributed by atoms with Gasteiger partial charge in [0.1, 0.15) is 25.6 Å². The Labute approximate surface area is 158 Å². The van der Waals surface area contributed by atoms with Gasteiger partial charge >= 0.3 is 0 Å². The number of carbonyl (C=O) groups is 1. The van der Waals surface area contributed by atoms with E-state index in [4.69, 9.17) is 14.2 Å². The molecule has 0 N–H and O–H groups in total. The average molecular weight is 363 g/mol. The number of benzene rings is 2. The van der Waals surface area contributed by atoms with Gasteiger partial charge in [0.05, 0.1) is 11.6 Å². The summed E-state index contributed by atoms with van der Waals surface area (Å²) in [5.74, 6) is 2.44. The van der Waals surface area contributed by atoms with E-state index < -0.39 is 0 Å². The molecule has 5 heteroatoms. The minimum absolute atomic E-state index is 0.0573. The summed E-state index contributed by atoms with van der Waals surface area (Å²) >= 11 is 0. The highest BCUT2D eigenvalue weighted by Gasteiger charge is 2.33. The lowest BCUT2D eigenvalue weighted by molar-refractivity contribution is -0.128. The van der Waals surface area contributed by atoms with Gasteiger partial charge in [0.2, 0.25) is 0 Å². The maximum atomic E-state index is 13.2. The number of fused-ring (bicyclic) bond motifs is 2. The molecular weight excluding hydrogens is 342 g/mol. The van der Waals surface area contributed by atoms with Crippen LogP contribution >= 0.6 is 0 Å². The summed E-state index contributed by atoms with van der Waals surface area (Å²) in [4.78, 5) is 15.2. The zero-order valence-corrected chi connectivity index (χ0v) is 15.0. The molecule has 0 spiro atoms. The van der Waals surface area contributed by atoms with Crippen LogP contribution in [0.3, 0.4) is 0 Å². The van der Waals surface area contributed by atoms with Gasteiger partial charge in [-0.05, 0) is 42.7 Å². The van der Waals surface area contributed by atoms with Crippen molar-refractivity contribution < 1.29 is 19.0 Å². The summed E-state index contributed by atoms with van der Waals surface area (Å²) < 4.78 is 17.1. The SMILES string of the molecule is O=C(C1=Cc2ccccc2OC1)N1CCCC1c1ccc2c(c1)OCCO2. The number of hydrogen-bond acceptors (Lipinski definition) is 4. The van der Waals surface area contributed by atoms with E-state index in [1.807, 2.05) is 53.4 Å². The van der Waals surface area contributed by atoms with Crippen LogP contribution in [0.15, 0.2) is 48.0 Å². The summed E-state index contributed by atoms with van der Waals surface area (Å²) in [6.07, 6.45) is 3.91. The Morgan fingerprint density at radius 2 is 1.81 bits per heavy atom. The summed E-state index contributed by atoms with van der Waals surface area (Å²) in [6.45, 7) is 2.22. The second-order valence-corrected chi connectivity index (χ2v) is 7.06. The predicted molar refractivity (Wildman–Crippen MR) is 101 cm³/mol. The molecule has 0 aromatic heterocycles. The summed E-state index contributed by atoms with van der Waals surface area (Å²) in [6, 6.07) is 13.9. The van der Waals surface area contributed by atoms with E-state index in [9.17, 15) is 4.79 Å². The topological polar surface area (TPSA) is 48.0 Å². The van der Waals surface area contributed by atoms with Gasteiger partial charge in [-0.2, -0.15) is 0 Å². The van der Waals surface area contributed by atoms with Gasteiger partial charge in [-0.25, -0.2) is 0 Å². The van der Waals surface area contributed by atoms with Crippen LogP contribution in [0.2, 0.25) is 0 Å². The number of para-hydroxylation sites is 1. The number of nitrogens with zero attached hydrogens (tertiary/aromatic N) is 1. The van der Waals surface area contributed by atoms with E-state index >= 15 is 0 Å². The third-order valence-electron chi connectivity index (χ3n) is 5.37. The molecule has 27 heavy (non-hydrogen) atoms. The molecule has 1 amide bonds. The zero-order chi connectivity index (χ0) is 18.2. The Balaban J connectivity index is 1.42. The lowest BCUT2D eigenvalue weighted by Gasteiger charge is -2.28. The van der Waals surface area contributed by atoms with Crippen LogP contribution in [0.5, 0.6) is 17.2 Å². The van der Waals surface area contributed by atoms with E-state index in [0.29, 0.717) is 25.4 Å². The molecular formula is C22H21NO4. The highest BCUT2D eigenvalue weighted by molar-refractivity contribution is 5.99. The molecule has 0 saturated carbocycles. The van der Waals surface area contributed by atoms with E-state index in [1.54, 1.807) is 0 Å².